The molecule has 0 radical (unpaired) electrons. The van der Waals surface area contributed by atoms with E-state index >= 15 is 0 Å². The van der Waals surface area contributed by atoms with Crippen LogP contribution in [0.3, 0.4) is 0 Å². The number of carbonyl (C=O) groups excluding carboxylic acids is 1. The lowest BCUT2D eigenvalue weighted by Crippen LogP contribution is -1.87. The van der Waals surface area contributed by atoms with Crippen LogP contribution in [-0.2, 0) is 4.79 Å². The molecule has 0 amide bonds. The lowest BCUT2D eigenvalue weighted by atomic mass is 10.1. The van der Waals surface area contributed by atoms with Crippen LogP contribution in [0.4, 0.5) is 0 Å². The first-order valence-corrected chi connectivity index (χ1v) is 4.37. The largest absolute Gasteiger partial charge is 0.303 e. The zero-order valence-electron chi connectivity index (χ0n) is 6.25. The molecule has 0 spiro atoms. The van der Waals surface area contributed by atoms with Crippen molar-refractivity contribution >= 4 is 6.29 Å². The van der Waals surface area contributed by atoms with E-state index in [1.165, 1.54) is 25.7 Å². The average molecular weight is 138 g/mol. The molecule has 0 saturated heterocycles. The molecule has 1 unspecified atom stereocenters. The van der Waals surface area contributed by atoms with Gasteiger partial charge in [0.1, 0.15) is 6.29 Å². The number of carbonyl (C=O) groups is 1. The van der Waals surface area contributed by atoms with Gasteiger partial charge in [-0.15, -0.1) is 0 Å². The van der Waals surface area contributed by atoms with Gasteiger partial charge in [-0.1, -0.05) is 6.42 Å². The van der Waals surface area contributed by atoms with Gasteiger partial charge in [-0.25, -0.2) is 0 Å². The molecular weight excluding hydrogens is 124 g/mol. The maximum atomic E-state index is 10.1. The van der Waals surface area contributed by atoms with Crippen LogP contribution in [0.15, 0.2) is 0 Å². The van der Waals surface area contributed by atoms with E-state index in [0.29, 0.717) is 0 Å². The van der Waals surface area contributed by atoms with Crippen molar-refractivity contribution < 1.29 is 4.79 Å². The van der Waals surface area contributed by atoms with Crippen molar-refractivity contribution in [2.45, 2.75) is 32.1 Å². The fourth-order valence-corrected chi connectivity index (χ4v) is 2.66. The number of fused-ring (bicyclic) bond motifs is 1. The zero-order valence-corrected chi connectivity index (χ0v) is 6.25. The fourth-order valence-electron chi connectivity index (χ4n) is 2.66. The lowest BCUT2D eigenvalue weighted by molar-refractivity contribution is -0.108. The van der Waals surface area contributed by atoms with Gasteiger partial charge in [0, 0.05) is 6.42 Å². The molecule has 3 atom stereocenters. The minimum Gasteiger partial charge on any atom is -0.303 e. The molecule has 1 heteroatoms. The molecule has 2 fully saturated rings. The van der Waals surface area contributed by atoms with Gasteiger partial charge in [0.15, 0.2) is 0 Å². The van der Waals surface area contributed by atoms with Crippen LogP contribution in [-0.4, -0.2) is 6.29 Å². The summed E-state index contributed by atoms with van der Waals surface area (Å²) in [6, 6.07) is 0. The van der Waals surface area contributed by atoms with E-state index in [2.05, 4.69) is 0 Å². The molecule has 1 nitrogen and oxygen atoms in total. The summed E-state index contributed by atoms with van der Waals surface area (Å²) in [4.78, 5) is 10.1. The van der Waals surface area contributed by atoms with Crippen molar-refractivity contribution in [3.05, 3.63) is 0 Å². The molecule has 2 saturated carbocycles. The Morgan fingerprint density at radius 1 is 1.30 bits per heavy atom. The van der Waals surface area contributed by atoms with Crippen molar-refractivity contribution in [2.75, 3.05) is 0 Å². The van der Waals surface area contributed by atoms with E-state index in [1.807, 2.05) is 0 Å². The van der Waals surface area contributed by atoms with Gasteiger partial charge in [0.05, 0.1) is 0 Å². The molecule has 0 aromatic carbocycles. The number of hydrogen-bond donors (Lipinski definition) is 0. The Morgan fingerprint density at radius 2 is 2.00 bits per heavy atom. The summed E-state index contributed by atoms with van der Waals surface area (Å²) in [7, 11) is 0. The quantitative estimate of drug-likeness (QED) is 0.545. The van der Waals surface area contributed by atoms with E-state index in [9.17, 15) is 4.79 Å². The van der Waals surface area contributed by atoms with E-state index in [-0.39, 0.29) is 0 Å². The van der Waals surface area contributed by atoms with Crippen molar-refractivity contribution in [3.63, 3.8) is 0 Å². The van der Waals surface area contributed by atoms with Crippen LogP contribution in [0.1, 0.15) is 32.1 Å². The Morgan fingerprint density at radius 3 is 2.60 bits per heavy atom. The Bertz CT molecular complexity index is 132. The van der Waals surface area contributed by atoms with E-state index in [0.717, 1.165) is 30.5 Å². The van der Waals surface area contributed by atoms with Crippen LogP contribution < -0.4 is 0 Å². The normalized spacial score (nSPS) is 43.0. The second-order valence-corrected chi connectivity index (χ2v) is 3.67. The number of hydrogen-bond acceptors (Lipinski definition) is 1. The van der Waals surface area contributed by atoms with E-state index < -0.39 is 0 Å². The second-order valence-electron chi connectivity index (χ2n) is 3.67. The highest BCUT2D eigenvalue weighted by Gasteiger charge is 2.51. The number of aldehydes is 1. The second kappa shape index (κ2) is 2.37. The Balaban J connectivity index is 1.74. The molecule has 2 aliphatic carbocycles. The standard InChI is InChI=1S/C9H14O/c10-6-2-5-9-7-3-1-4-8(7)9/h6-9H,1-5H2/t7-,8+,9?. The van der Waals surface area contributed by atoms with Gasteiger partial charge in [0.25, 0.3) is 0 Å². The molecule has 0 aliphatic heterocycles. The SMILES string of the molecule is O=CCCC1[C@H]2CCC[C@@H]12. The molecule has 2 rings (SSSR count). The predicted molar refractivity (Wildman–Crippen MR) is 39.6 cm³/mol. The van der Waals surface area contributed by atoms with E-state index in [4.69, 9.17) is 0 Å². The molecule has 0 heterocycles. The van der Waals surface area contributed by atoms with Gasteiger partial charge in [-0.2, -0.15) is 0 Å². The van der Waals surface area contributed by atoms with Gasteiger partial charge in [-0.05, 0) is 37.0 Å². The average Bonchev–Trinajstić information content (AvgIpc) is 2.46. The summed E-state index contributed by atoms with van der Waals surface area (Å²) in [6.07, 6.45) is 7.40. The highest BCUT2D eigenvalue weighted by atomic mass is 16.1. The highest BCUT2D eigenvalue weighted by Crippen LogP contribution is 2.59. The third kappa shape index (κ3) is 0.882. The minimum atomic E-state index is 0.803. The fraction of sp³-hybridized carbons (Fsp3) is 0.889. The van der Waals surface area contributed by atoms with Gasteiger partial charge in [-0.3, -0.25) is 0 Å². The molecule has 2 aliphatic rings. The van der Waals surface area contributed by atoms with Crippen LogP contribution in [0, 0.1) is 17.8 Å². The molecular formula is C9H14O. The summed E-state index contributed by atoms with van der Waals surface area (Å²) in [6.45, 7) is 0. The third-order valence-corrected chi connectivity index (χ3v) is 3.20. The molecule has 56 valence electrons. The molecule has 0 N–H and O–H groups in total. The first-order chi connectivity index (χ1) is 4.93. The molecule has 0 bridgehead atoms. The molecule has 0 aromatic rings. The van der Waals surface area contributed by atoms with Crippen LogP contribution in [0.2, 0.25) is 0 Å². The van der Waals surface area contributed by atoms with Gasteiger partial charge >= 0.3 is 0 Å². The van der Waals surface area contributed by atoms with Crippen molar-refractivity contribution in [2.24, 2.45) is 17.8 Å². The maximum absolute atomic E-state index is 10.1. The summed E-state index contributed by atoms with van der Waals surface area (Å²) >= 11 is 0. The smallest absolute Gasteiger partial charge is 0.120 e. The summed E-state index contributed by atoms with van der Waals surface area (Å²) in [5, 5.41) is 0. The van der Waals surface area contributed by atoms with Crippen molar-refractivity contribution in [1.29, 1.82) is 0 Å². The highest BCUT2D eigenvalue weighted by molar-refractivity contribution is 5.49. The molecule has 10 heavy (non-hydrogen) atoms. The Kier molecular flexibility index (Phi) is 1.51. The lowest BCUT2D eigenvalue weighted by Gasteiger charge is -1.97. The van der Waals surface area contributed by atoms with E-state index in [1.54, 1.807) is 0 Å². The first kappa shape index (κ1) is 6.38. The van der Waals surface area contributed by atoms with Crippen LogP contribution in [0.25, 0.3) is 0 Å². The summed E-state index contributed by atoms with van der Waals surface area (Å²) in [5.41, 5.74) is 0. The third-order valence-electron chi connectivity index (χ3n) is 3.20. The predicted octanol–water partition coefficient (Wildman–Crippen LogP) is 2.01. The summed E-state index contributed by atoms with van der Waals surface area (Å²) < 4.78 is 0. The Hall–Kier alpha value is -0.330. The first-order valence-electron chi connectivity index (χ1n) is 4.37. The van der Waals surface area contributed by atoms with Crippen molar-refractivity contribution in [3.8, 4) is 0 Å². The van der Waals surface area contributed by atoms with Gasteiger partial charge < -0.3 is 4.79 Å². The number of rotatable bonds is 3. The summed E-state index contributed by atoms with van der Waals surface area (Å²) in [5.74, 6) is 3.04. The van der Waals surface area contributed by atoms with Gasteiger partial charge in [0.2, 0.25) is 0 Å². The maximum Gasteiger partial charge on any atom is 0.120 e. The topological polar surface area (TPSA) is 17.1 Å². The molecule has 0 aromatic heterocycles. The zero-order chi connectivity index (χ0) is 6.97. The monoisotopic (exact) mass is 138 g/mol. The minimum absolute atomic E-state index is 0.803. The Labute approximate surface area is 61.8 Å². The van der Waals surface area contributed by atoms with Crippen molar-refractivity contribution in [1.82, 2.24) is 0 Å². The van der Waals surface area contributed by atoms with Crippen LogP contribution >= 0.6 is 0 Å². The van der Waals surface area contributed by atoms with Crippen LogP contribution in [0.5, 0.6) is 0 Å².